The van der Waals surface area contributed by atoms with E-state index in [4.69, 9.17) is 0 Å². The number of pyridine rings is 1. The van der Waals surface area contributed by atoms with Gasteiger partial charge in [0.2, 0.25) is 0 Å². The van der Waals surface area contributed by atoms with Crippen LogP contribution in [-0.2, 0) is 6.42 Å². The van der Waals surface area contributed by atoms with E-state index >= 15 is 0 Å². The molecule has 21 heavy (non-hydrogen) atoms. The van der Waals surface area contributed by atoms with Crippen molar-refractivity contribution in [3.05, 3.63) is 30.1 Å². The van der Waals surface area contributed by atoms with Crippen molar-refractivity contribution in [3.63, 3.8) is 0 Å². The highest BCUT2D eigenvalue weighted by molar-refractivity contribution is 5.50. The third-order valence-electron chi connectivity index (χ3n) is 4.30. The van der Waals surface area contributed by atoms with Gasteiger partial charge in [0.05, 0.1) is 0 Å². The standard InChI is InChI=1S/C18H28N2O/c1-3-17-18(21)11-10-16(19-17)9-5-4-6-12-20-13-7-8-15(2)14-20/h3,10-11,15,21H,1,4-9,12-14H2,2H3. The zero-order chi connectivity index (χ0) is 15.1. The van der Waals surface area contributed by atoms with Crippen molar-refractivity contribution in [2.45, 2.75) is 45.4 Å². The Balaban J connectivity index is 1.64. The Bertz CT molecular complexity index is 459. The number of aryl methyl sites for hydroxylation is 1. The van der Waals surface area contributed by atoms with E-state index in [1.807, 2.05) is 6.07 Å². The SMILES string of the molecule is C=Cc1nc(CCCCCN2CCCC(C)C2)ccc1O. The van der Waals surface area contributed by atoms with Gasteiger partial charge < -0.3 is 10.0 Å². The molecule has 1 N–H and O–H groups in total. The Kier molecular flexibility index (Phi) is 6.24. The summed E-state index contributed by atoms with van der Waals surface area (Å²) in [5, 5.41) is 9.57. The van der Waals surface area contributed by atoms with Crippen molar-refractivity contribution in [1.29, 1.82) is 0 Å². The van der Waals surface area contributed by atoms with Gasteiger partial charge in [0.15, 0.2) is 0 Å². The smallest absolute Gasteiger partial charge is 0.141 e. The second-order valence-electron chi connectivity index (χ2n) is 6.27. The number of hydrogen-bond donors (Lipinski definition) is 1. The maximum atomic E-state index is 9.57. The highest BCUT2D eigenvalue weighted by Gasteiger charge is 2.15. The minimum Gasteiger partial charge on any atom is -0.506 e. The van der Waals surface area contributed by atoms with Gasteiger partial charge in [0.25, 0.3) is 0 Å². The van der Waals surface area contributed by atoms with Crippen LogP contribution in [0.25, 0.3) is 6.08 Å². The lowest BCUT2D eigenvalue weighted by molar-refractivity contribution is 0.181. The number of piperidine rings is 1. The predicted molar refractivity (Wildman–Crippen MR) is 88.4 cm³/mol. The van der Waals surface area contributed by atoms with Gasteiger partial charge in [0, 0.05) is 12.2 Å². The molecule has 3 nitrogen and oxygen atoms in total. The fourth-order valence-electron chi connectivity index (χ4n) is 3.11. The Hall–Kier alpha value is -1.35. The highest BCUT2D eigenvalue weighted by atomic mass is 16.3. The highest BCUT2D eigenvalue weighted by Crippen LogP contribution is 2.18. The maximum Gasteiger partial charge on any atom is 0.141 e. The Labute approximate surface area is 128 Å². The van der Waals surface area contributed by atoms with Gasteiger partial charge in [-0.3, -0.25) is 0 Å². The predicted octanol–water partition coefficient (Wildman–Crippen LogP) is 3.87. The molecule has 1 saturated heterocycles. The van der Waals surface area contributed by atoms with Crippen LogP contribution in [0.2, 0.25) is 0 Å². The van der Waals surface area contributed by atoms with Gasteiger partial charge in [-0.25, -0.2) is 4.98 Å². The first kappa shape index (κ1) is 16.0. The Morgan fingerprint density at radius 3 is 3.00 bits per heavy atom. The van der Waals surface area contributed by atoms with Gasteiger partial charge in [-0.05, 0) is 69.3 Å². The first-order chi connectivity index (χ1) is 10.2. The molecule has 1 unspecified atom stereocenters. The van der Waals surface area contributed by atoms with E-state index in [-0.39, 0.29) is 5.75 Å². The molecule has 116 valence electrons. The normalized spacial score (nSPS) is 19.6. The number of hydrogen-bond acceptors (Lipinski definition) is 3. The molecule has 0 saturated carbocycles. The zero-order valence-corrected chi connectivity index (χ0v) is 13.2. The van der Waals surface area contributed by atoms with Crippen molar-refractivity contribution >= 4 is 6.08 Å². The molecule has 1 aliphatic heterocycles. The first-order valence-electron chi connectivity index (χ1n) is 8.22. The molecule has 0 aliphatic carbocycles. The molecule has 1 aliphatic rings. The summed E-state index contributed by atoms with van der Waals surface area (Å²) in [5.41, 5.74) is 1.64. The van der Waals surface area contributed by atoms with Crippen LogP contribution in [0.15, 0.2) is 18.7 Å². The average Bonchev–Trinajstić information content (AvgIpc) is 2.48. The number of aromatic hydroxyl groups is 1. The molecule has 0 radical (unpaired) electrons. The molecule has 0 bridgehead atoms. The lowest BCUT2D eigenvalue weighted by Crippen LogP contribution is -2.34. The van der Waals surface area contributed by atoms with Crippen LogP contribution in [0.1, 0.15) is 50.4 Å². The molecule has 0 aromatic carbocycles. The van der Waals surface area contributed by atoms with Crippen molar-refractivity contribution < 1.29 is 5.11 Å². The maximum absolute atomic E-state index is 9.57. The van der Waals surface area contributed by atoms with Crippen molar-refractivity contribution in [1.82, 2.24) is 9.88 Å². The molecule has 0 amide bonds. The lowest BCUT2D eigenvalue weighted by atomic mass is 10.00. The lowest BCUT2D eigenvalue weighted by Gasteiger charge is -2.30. The quantitative estimate of drug-likeness (QED) is 0.774. The topological polar surface area (TPSA) is 36.4 Å². The minimum atomic E-state index is 0.216. The van der Waals surface area contributed by atoms with E-state index in [0.717, 1.165) is 24.5 Å². The molecular weight excluding hydrogens is 260 g/mol. The molecule has 0 spiro atoms. The van der Waals surface area contributed by atoms with Crippen LogP contribution in [-0.4, -0.2) is 34.6 Å². The van der Waals surface area contributed by atoms with Crippen LogP contribution in [0.5, 0.6) is 5.75 Å². The van der Waals surface area contributed by atoms with Crippen LogP contribution in [0, 0.1) is 5.92 Å². The molecule has 2 rings (SSSR count). The molecule has 1 aromatic heterocycles. The van der Waals surface area contributed by atoms with E-state index in [1.54, 1.807) is 12.1 Å². The van der Waals surface area contributed by atoms with E-state index < -0.39 is 0 Å². The number of nitrogens with zero attached hydrogens (tertiary/aromatic N) is 2. The van der Waals surface area contributed by atoms with Crippen LogP contribution < -0.4 is 0 Å². The summed E-state index contributed by atoms with van der Waals surface area (Å²) in [6, 6.07) is 3.63. The van der Waals surface area contributed by atoms with Gasteiger partial charge in [-0.15, -0.1) is 0 Å². The van der Waals surface area contributed by atoms with E-state index in [1.165, 1.54) is 45.3 Å². The summed E-state index contributed by atoms with van der Waals surface area (Å²) in [6.45, 7) is 9.84. The van der Waals surface area contributed by atoms with E-state index in [9.17, 15) is 5.11 Å². The van der Waals surface area contributed by atoms with Crippen molar-refractivity contribution in [2.75, 3.05) is 19.6 Å². The summed E-state index contributed by atoms with van der Waals surface area (Å²) in [6.07, 6.45) is 9.04. The van der Waals surface area contributed by atoms with Crippen LogP contribution >= 0.6 is 0 Å². The van der Waals surface area contributed by atoms with Crippen LogP contribution in [0.4, 0.5) is 0 Å². The number of rotatable bonds is 7. The third kappa shape index (κ3) is 5.16. The first-order valence-corrected chi connectivity index (χ1v) is 8.22. The van der Waals surface area contributed by atoms with Gasteiger partial charge in [-0.1, -0.05) is 19.9 Å². The largest absolute Gasteiger partial charge is 0.506 e. The minimum absolute atomic E-state index is 0.216. The van der Waals surface area contributed by atoms with E-state index in [0.29, 0.717) is 5.69 Å². The molecule has 1 fully saturated rings. The van der Waals surface area contributed by atoms with E-state index in [2.05, 4.69) is 23.4 Å². The second-order valence-corrected chi connectivity index (χ2v) is 6.27. The molecule has 1 atom stereocenters. The molecule has 2 heterocycles. The summed E-state index contributed by atoms with van der Waals surface area (Å²) in [4.78, 5) is 7.02. The van der Waals surface area contributed by atoms with Gasteiger partial charge in [-0.2, -0.15) is 0 Å². The Morgan fingerprint density at radius 1 is 1.38 bits per heavy atom. The third-order valence-corrected chi connectivity index (χ3v) is 4.30. The fourth-order valence-corrected chi connectivity index (χ4v) is 3.11. The summed E-state index contributed by atoms with van der Waals surface area (Å²) >= 11 is 0. The van der Waals surface area contributed by atoms with Gasteiger partial charge >= 0.3 is 0 Å². The van der Waals surface area contributed by atoms with Crippen molar-refractivity contribution in [2.24, 2.45) is 5.92 Å². The van der Waals surface area contributed by atoms with Gasteiger partial charge in [0.1, 0.15) is 11.4 Å². The zero-order valence-electron chi connectivity index (χ0n) is 13.2. The summed E-state index contributed by atoms with van der Waals surface area (Å²) in [5.74, 6) is 1.09. The number of aromatic nitrogens is 1. The average molecular weight is 288 g/mol. The Morgan fingerprint density at radius 2 is 2.24 bits per heavy atom. The number of unbranched alkanes of at least 4 members (excludes halogenated alkanes) is 2. The molecule has 3 heteroatoms. The van der Waals surface area contributed by atoms with Crippen LogP contribution in [0.3, 0.4) is 0 Å². The molecular formula is C18H28N2O. The monoisotopic (exact) mass is 288 g/mol. The summed E-state index contributed by atoms with van der Waals surface area (Å²) in [7, 11) is 0. The number of likely N-dealkylation sites (tertiary alicyclic amines) is 1. The molecule has 1 aromatic rings. The summed E-state index contributed by atoms with van der Waals surface area (Å²) < 4.78 is 0. The fraction of sp³-hybridized carbons (Fsp3) is 0.611. The van der Waals surface area contributed by atoms with Crippen molar-refractivity contribution in [3.8, 4) is 5.75 Å². The second kappa shape index (κ2) is 8.18.